The molecule has 3 heterocycles. The predicted octanol–water partition coefficient (Wildman–Crippen LogP) is 5.82. The summed E-state index contributed by atoms with van der Waals surface area (Å²) in [5.41, 5.74) is 7.70. The fraction of sp³-hybridized carbons (Fsp3) is 0.355. The Bertz CT molecular complexity index is 1440. The van der Waals surface area contributed by atoms with Crippen LogP contribution in [0.1, 0.15) is 77.7 Å². The average molecular weight is 510 g/mol. The summed E-state index contributed by atoms with van der Waals surface area (Å²) in [6.45, 7) is 9.23. The first-order valence-corrected chi connectivity index (χ1v) is 13.3. The average Bonchev–Trinajstić information content (AvgIpc) is 3.35. The summed E-state index contributed by atoms with van der Waals surface area (Å²) in [5, 5.41) is 15.1. The number of carbonyl (C=O) groups excluding carboxylic acids is 1. The van der Waals surface area contributed by atoms with E-state index in [1.165, 1.54) is 0 Å². The van der Waals surface area contributed by atoms with E-state index < -0.39 is 0 Å². The topological polar surface area (TPSA) is 84.1 Å². The van der Waals surface area contributed by atoms with Crippen molar-refractivity contribution in [2.75, 3.05) is 4.90 Å². The zero-order valence-electron chi connectivity index (χ0n) is 22.6. The molecule has 38 heavy (non-hydrogen) atoms. The van der Waals surface area contributed by atoms with E-state index in [4.69, 9.17) is 0 Å². The van der Waals surface area contributed by atoms with Gasteiger partial charge in [-0.1, -0.05) is 19.9 Å². The van der Waals surface area contributed by atoms with Crippen molar-refractivity contribution in [3.63, 3.8) is 0 Å². The Kier molecular flexibility index (Phi) is 7.27. The molecule has 0 radical (unpaired) electrons. The minimum absolute atomic E-state index is 0.0202. The van der Waals surface area contributed by atoms with Gasteiger partial charge in [0.1, 0.15) is 5.75 Å². The zero-order chi connectivity index (χ0) is 26.8. The van der Waals surface area contributed by atoms with Crippen LogP contribution in [-0.2, 0) is 24.3 Å². The van der Waals surface area contributed by atoms with Crippen molar-refractivity contribution >= 4 is 11.6 Å². The quantitative estimate of drug-likeness (QED) is 0.339. The van der Waals surface area contributed by atoms with E-state index in [9.17, 15) is 9.90 Å². The fourth-order valence-electron chi connectivity index (χ4n) is 5.38. The molecule has 1 unspecified atom stereocenters. The van der Waals surface area contributed by atoms with E-state index in [0.717, 1.165) is 64.2 Å². The van der Waals surface area contributed by atoms with Crippen molar-refractivity contribution < 1.29 is 9.90 Å². The van der Waals surface area contributed by atoms with Gasteiger partial charge in [-0.15, -0.1) is 0 Å². The van der Waals surface area contributed by atoms with Gasteiger partial charge in [-0.05, 0) is 91.6 Å². The van der Waals surface area contributed by atoms with Crippen LogP contribution in [-0.4, -0.2) is 30.8 Å². The molecule has 3 aromatic heterocycles. The molecule has 1 amide bonds. The molecule has 1 aliphatic carbocycles. The summed E-state index contributed by atoms with van der Waals surface area (Å²) in [7, 11) is 0. The van der Waals surface area contributed by atoms with Crippen molar-refractivity contribution in [2.45, 2.75) is 71.9 Å². The second-order valence-corrected chi connectivity index (χ2v) is 10.6. The Morgan fingerprint density at radius 1 is 1.13 bits per heavy atom. The molecule has 0 saturated heterocycles. The van der Waals surface area contributed by atoms with Gasteiger partial charge in [0, 0.05) is 23.7 Å². The van der Waals surface area contributed by atoms with Gasteiger partial charge in [-0.3, -0.25) is 19.4 Å². The van der Waals surface area contributed by atoms with Crippen LogP contribution >= 0.6 is 0 Å². The minimum atomic E-state index is -0.317. The Hall–Kier alpha value is -4.00. The number of aryl methyl sites for hydroxylation is 2. The number of phenols is 1. The summed E-state index contributed by atoms with van der Waals surface area (Å²) in [4.78, 5) is 25.2. The van der Waals surface area contributed by atoms with Crippen molar-refractivity contribution in [3.8, 4) is 5.75 Å². The van der Waals surface area contributed by atoms with Crippen LogP contribution in [0.5, 0.6) is 5.75 Å². The van der Waals surface area contributed by atoms with Crippen LogP contribution in [0.3, 0.4) is 0 Å². The van der Waals surface area contributed by atoms with Crippen molar-refractivity contribution in [1.29, 1.82) is 0 Å². The summed E-state index contributed by atoms with van der Waals surface area (Å²) in [6, 6.07) is 11.7. The number of pyridine rings is 2. The lowest BCUT2D eigenvalue weighted by Crippen LogP contribution is -2.36. The van der Waals surface area contributed by atoms with Gasteiger partial charge in [-0.25, -0.2) is 0 Å². The van der Waals surface area contributed by atoms with Crippen LogP contribution in [0.15, 0.2) is 61.2 Å². The molecule has 0 fully saturated rings. The molecule has 1 aliphatic rings. The molecular formula is C31H35N5O2. The third kappa shape index (κ3) is 5.32. The third-order valence-electron chi connectivity index (χ3n) is 7.38. The molecule has 7 heteroatoms. The molecule has 1 aromatic carbocycles. The fourth-order valence-corrected chi connectivity index (χ4v) is 5.38. The lowest BCUT2D eigenvalue weighted by atomic mass is 9.79. The number of benzene rings is 1. The first-order valence-electron chi connectivity index (χ1n) is 13.3. The van der Waals surface area contributed by atoms with E-state index >= 15 is 0 Å². The van der Waals surface area contributed by atoms with Crippen LogP contribution < -0.4 is 4.90 Å². The molecule has 7 nitrogen and oxygen atoms in total. The van der Waals surface area contributed by atoms with Gasteiger partial charge in [0.2, 0.25) is 5.91 Å². The van der Waals surface area contributed by atoms with E-state index in [1.54, 1.807) is 12.3 Å². The van der Waals surface area contributed by atoms with Crippen LogP contribution in [0.4, 0.5) is 5.69 Å². The van der Waals surface area contributed by atoms with Crippen molar-refractivity contribution in [2.24, 2.45) is 0 Å². The molecule has 1 N–H and O–H groups in total. The zero-order valence-corrected chi connectivity index (χ0v) is 22.6. The number of hydrogen-bond acceptors (Lipinski definition) is 5. The first-order chi connectivity index (χ1) is 18.3. The highest BCUT2D eigenvalue weighted by Gasteiger charge is 2.33. The van der Waals surface area contributed by atoms with Gasteiger partial charge >= 0.3 is 0 Å². The SMILES string of the molecule is Cc1ccnc(Cn2cc(CN(C(=O)C3CCCc4c(O)ccc(C)c43)c3ccc(C(C)C)nc3)cn2)c1. The van der Waals surface area contributed by atoms with Gasteiger partial charge in [0.05, 0.1) is 42.8 Å². The molecule has 0 spiro atoms. The maximum Gasteiger partial charge on any atom is 0.234 e. The van der Waals surface area contributed by atoms with Gasteiger partial charge in [0.25, 0.3) is 0 Å². The summed E-state index contributed by atoms with van der Waals surface area (Å²) < 4.78 is 1.86. The lowest BCUT2D eigenvalue weighted by molar-refractivity contribution is -0.120. The number of carbonyl (C=O) groups is 1. The molecule has 0 aliphatic heterocycles. The largest absolute Gasteiger partial charge is 0.508 e. The highest BCUT2D eigenvalue weighted by molar-refractivity contribution is 5.98. The number of rotatable bonds is 7. The summed E-state index contributed by atoms with van der Waals surface area (Å²) in [6.07, 6.45) is 9.81. The first kappa shape index (κ1) is 25.6. The summed E-state index contributed by atoms with van der Waals surface area (Å²) in [5.74, 6) is 0.287. The standard InChI is InChI=1S/C31H35N5O2/c1-20(2)28-10-9-25(16-33-28)36(18-23-15-34-35(17-23)19-24-14-21(3)12-13-32-24)31(38)27-7-5-6-26-29(37)11-8-22(4)30(26)27/h8-17,20,27,37H,5-7,18-19H2,1-4H3. The molecule has 196 valence electrons. The second-order valence-electron chi connectivity index (χ2n) is 10.6. The van der Waals surface area contributed by atoms with Crippen LogP contribution in [0.2, 0.25) is 0 Å². The van der Waals surface area contributed by atoms with Gasteiger partial charge in [-0.2, -0.15) is 5.10 Å². The number of aromatic hydroxyl groups is 1. The Balaban J connectivity index is 1.47. The number of aromatic nitrogens is 4. The highest BCUT2D eigenvalue weighted by atomic mass is 16.3. The Morgan fingerprint density at radius 3 is 2.71 bits per heavy atom. The maximum absolute atomic E-state index is 14.3. The molecule has 1 atom stereocenters. The number of phenolic OH excluding ortho intramolecular Hbond substituents is 1. The second kappa shape index (κ2) is 10.8. The monoisotopic (exact) mass is 509 g/mol. The number of nitrogens with zero attached hydrogens (tertiary/aromatic N) is 5. The van der Waals surface area contributed by atoms with Crippen LogP contribution in [0.25, 0.3) is 0 Å². The number of fused-ring (bicyclic) bond motifs is 1. The number of hydrogen-bond donors (Lipinski definition) is 1. The highest BCUT2D eigenvalue weighted by Crippen LogP contribution is 2.40. The van der Waals surface area contributed by atoms with E-state index in [-0.39, 0.29) is 17.6 Å². The van der Waals surface area contributed by atoms with E-state index in [0.29, 0.717) is 19.0 Å². The minimum Gasteiger partial charge on any atom is -0.508 e. The van der Waals surface area contributed by atoms with Crippen molar-refractivity contribution in [3.05, 3.63) is 100 Å². The number of amides is 1. The molecular weight excluding hydrogens is 474 g/mol. The van der Waals surface area contributed by atoms with Crippen molar-refractivity contribution in [1.82, 2.24) is 19.7 Å². The maximum atomic E-state index is 14.3. The smallest absolute Gasteiger partial charge is 0.234 e. The normalized spacial score (nSPS) is 14.9. The Labute approximate surface area is 224 Å². The molecule has 5 rings (SSSR count). The summed E-state index contributed by atoms with van der Waals surface area (Å²) >= 11 is 0. The predicted molar refractivity (Wildman–Crippen MR) is 148 cm³/mol. The number of anilines is 1. The lowest BCUT2D eigenvalue weighted by Gasteiger charge is -2.32. The van der Waals surface area contributed by atoms with Gasteiger partial charge in [0.15, 0.2) is 0 Å². The third-order valence-corrected chi connectivity index (χ3v) is 7.38. The van der Waals surface area contributed by atoms with Crippen LogP contribution in [0, 0.1) is 13.8 Å². The Morgan fingerprint density at radius 2 is 1.97 bits per heavy atom. The molecule has 0 saturated carbocycles. The molecule has 0 bridgehead atoms. The van der Waals surface area contributed by atoms with E-state index in [1.807, 2.05) is 66.3 Å². The van der Waals surface area contributed by atoms with Gasteiger partial charge < -0.3 is 10.0 Å². The molecule has 4 aromatic rings. The van der Waals surface area contributed by atoms with E-state index in [2.05, 4.69) is 35.0 Å².